The quantitative estimate of drug-likeness (QED) is 0.759. The molecule has 0 saturated heterocycles. The highest BCUT2D eigenvalue weighted by Gasteiger charge is 2.07. The highest BCUT2D eigenvalue weighted by molar-refractivity contribution is 5.97. The fraction of sp³-hybridized carbons (Fsp3) is 0.176. The fourth-order valence-electron chi connectivity index (χ4n) is 1.92. The van der Waals surface area contributed by atoms with Gasteiger partial charge in [-0.1, -0.05) is 6.07 Å². The van der Waals surface area contributed by atoms with Crippen LogP contribution in [0.15, 0.2) is 48.5 Å². The lowest BCUT2D eigenvalue weighted by Crippen LogP contribution is -2.35. The number of carbonyl (C=O) groups excluding carboxylic acids is 2. The molecule has 7 nitrogen and oxygen atoms in total. The maximum Gasteiger partial charge on any atom is 0.319 e. The first-order chi connectivity index (χ1) is 11.6. The van der Waals surface area contributed by atoms with Crippen LogP contribution in [-0.4, -0.2) is 32.7 Å². The third-order valence-electron chi connectivity index (χ3n) is 3.11. The second kappa shape index (κ2) is 8.42. The molecule has 0 aliphatic rings. The van der Waals surface area contributed by atoms with E-state index in [4.69, 9.17) is 9.47 Å². The van der Waals surface area contributed by atoms with Crippen molar-refractivity contribution in [3.05, 3.63) is 48.5 Å². The summed E-state index contributed by atoms with van der Waals surface area (Å²) in [4.78, 5) is 23.6. The lowest BCUT2D eigenvalue weighted by atomic mass is 10.3. The van der Waals surface area contributed by atoms with E-state index in [0.29, 0.717) is 22.9 Å². The van der Waals surface area contributed by atoms with Gasteiger partial charge in [-0.05, 0) is 36.4 Å². The molecule has 2 rings (SSSR count). The summed E-state index contributed by atoms with van der Waals surface area (Å²) in [5.74, 6) is 0.995. The predicted octanol–water partition coefficient (Wildman–Crippen LogP) is 2.46. The van der Waals surface area contributed by atoms with Crippen molar-refractivity contribution < 1.29 is 19.1 Å². The van der Waals surface area contributed by atoms with Crippen molar-refractivity contribution >= 4 is 23.3 Å². The number of carbonyl (C=O) groups is 2. The fourth-order valence-corrected chi connectivity index (χ4v) is 1.92. The minimum Gasteiger partial charge on any atom is -0.497 e. The molecule has 24 heavy (non-hydrogen) atoms. The molecule has 0 spiro atoms. The molecule has 0 heterocycles. The van der Waals surface area contributed by atoms with Gasteiger partial charge in [-0.25, -0.2) is 4.79 Å². The first-order valence-electron chi connectivity index (χ1n) is 7.23. The number of ether oxygens (including phenoxy) is 2. The Morgan fingerprint density at radius 2 is 1.58 bits per heavy atom. The Morgan fingerprint density at radius 1 is 0.875 bits per heavy atom. The van der Waals surface area contributed by atoms with Gasteiger partial charge >= 0.3 is 6.03 Å². The Bertz CT molecular complexity index is 701. The van der Waals surface area contributed by atoms with E-state index in [1.165, 1.54) is 0 Å². The summed E-state index contributed by atoms with van der Waals surface area (Å²) in [6, 6.07) is 13.3. The molecule has 2 aromatic carbocycles. The summed E-state index contributed by atoms with van der Waals surface area (Å²) in [7, 11) is 3.11. The number of benzene rings is 2. The minimum absolute atomic E-state index is 0.151. The van der Waals surface area contributed by atoms with Gasteiger partial charge < -0.3 is 25.4 Å². The lowest BCUT2D eigenvalue weighted by Gasteiger charge is -2.09. The van der Waals surface area contributed by atoms with E-state index in [1.54, 1.807) is 62.8 Å². The smallest absolute Gasteiger partial charge is 0.319 e. The Balaban J connectivity index is 1.78. The van der Waals surface area contributed by atoms with Gasteiger partial charge in [0.1, 0.15) is 11.5 Å². The molecule has 3 N–H and O–H groups in total. The predicted molar refractivity (Wildman–Crippen MR) is 91.6 cm³/mol. The molecule has 7 heteroatoms. The Morgan fingerprint density at radius 3 is 2.25 bits per heavy atom. The number of rotatable bonds is 6. The van der Waals surface area contributed by atoms with Crippen molar-refractivity contribution in [2.45, 2.75) is 0 Å². The molecule has 0 atom stereocenters. The summed E-state index contributed by atoms with van der Waals surface area (Å²) in [6.07, 6.45) is 0. The third-order valence-corrected chi connectivity index (χ3v) is 3.11. The molecule has 0 radical (unpaired) electrons. The number of hydrogen-bond acceptors (Lipinski definition) is 4. The van der Waals surface area contributed by atoms with Crippen molar-refractivity contribution in [3.8, 4) is 11.5 Å². The highest BCUT2D eigenvalue weighted by Crippen LogP contribution is 2.16. The van der Waals surface area contributed by atoms with Gasteiger partial charge in [0.25, 0.3) is 0 Å². The largest absolute Gasteiger partial charge is 0.497 e. The number of nitrogens with one attached hydrogen (secondary N) is 3. The van der Waals surface area contributed by atoms with Crippen LogP contribution in [0.5, 0.6) is 11.5 Å². The van der Waals surface area contributed by atoms with Crippen molar-refractivity contribution in [3.63, 3.8) is 0 Å². The first kappa shape index (κ1) is 17.1. The van der Waals surface area contributed by atoms with E-state index >= 15 is 0 Å². The van der Waals surface area contributed by atoms with Crippen LogP contribution in [0.2, 0.25) is 0 Å². The number of methoxy groups -OCH3 is 2. The van der Waals surface area contributed by atoms with Crippen LogP contribution < -0.4 is 25.4 Å². The van der Waals surface area contributed by atoms with E-state index < -0.39 is 6.03 Å². The van der Waals surface area contributed by atoms with E-state index in [2.05, 4.69) is 16.0 Å². The first-order valence-corrected chi connectivity index (χ1v) is 7.23. The number of urea groups is 1. The zero-order valence-electron chi connectivity index (χ0n) is 13.5. The Hall–Kier alpha value is -3.22. The molecule has 0 fully saturated rings. The van der Waals surface area contributed by atoms with Crippen LogP contribution in [0.25, 0.3) is 0 Å². The van der Waals surface area contributed by atoms with E-state index in [-0.39, 0.29) is 12.5 Å². The van der Waals surface area contributed by atoms with Gasteiger partial charge in [0.2, 0.25) is 5.91 Å². The molecular formula is C17H19N3O4. The van der Waals surface area contributed by atoms with Gasteiger partial charge in [-0.3, -0.25) is 4.79 Å². The molecule has 0 bridgehead atoms. The van der Waals surface area contributed by atoms with E-state index in [1.807, 2.05) is 0 Å². The van der Waals surface area contributed by atoms with E-state index in [9.17, 15) is 9.59 Å². The molecule has 126 valence electrons. The van der Waals surface area contributed by atoms with Crippen molar-refractivity contribution in [1.82, 2.24) is 5.32 Å². The highest BCUT2D eigenvalue weighted by atomic mass is 16.5. The van der Waals surface area contributed by atoms with Crippen LogP contribution in [0.1, 0.15) is 0 Å². The van der Waals surface area contributed by atoms with Crippen LogP contribution >= 0.6 is 0 Å². The summed E-state index contributed by atoms with van der Waals surface area (Å²) < 4.78 is 10.1. The summed E-state index contributed by atoms with van der Waals surface area (Å²) >= 11 is 0. The summed E-state index contributed by atoms with van der Waals surface area (Å²) in [6.45, 7) is -0.151. The monoisotopic (exact) mass is 329 g/mol. The van der Waals surface area contributed by atoms with Gasteiger partial charge in [0.05, 0.1) is 20.8 Å². The van der Waals surface area contributed by atoms with Gasteiger partial charge in [-0.15, -0.1) is 0 Å². The van der Waals surface area contributed by atoms with Crippen molar-refractivity contribution in [2.24, 2.45) is 0 Å². The standard InChI is InChI=1S/C17H19N3O4/c1-23-14-8-6-12(7-9-14)19-16(21)11-18-17(22)20-13-4-3-5-15(10-13)24-2/h3-10H,11H2,1-2H3,(H,19,21)(H2,18,20,22). The average molecular weight is 329 g/mol. The SMILES string of the molecule is COc1ccc(NC(=O)CNC(=O)Nc2cccc(OC)c2)cc1. The number of amides is 3. The van der Waals surface area contributed by atoms with Crippen molar-refractivity contribution in [1.29, 1.82) is 0 Å². The molecular weight excluding hydrogens is 310 g/mol. The zero-order chi connectivity index (χ0) is 17.4. The second-order valence-corrected chi connectivity index (χ2v) is 4.82. The molecule has 0 saturated carbocycles. The average Bonchev–Trinajstić information content (AvgIpc) is 2.61. The second-order valence-electron chi connectivity index (χ2n) is 4.82. The molecule has 0 aromatic heterocycles. The van der Waals surface area contributed by atoms with Crippen LogP contribution in [0.3, 0.4) is 0 Å². The number of hydrogen-bond donors (Lipinski definition) is 3. The minimum atomic E-state index is -0.479. The van der Waals surface area contributed by atoms with Crippen LogP contribution in [-0.2, 0) is 4.79 Å². The maximum atomic E-state index is 11.8. The van der Waals surface area contributed by atoms with E-state index in [0.717, 1.165) is 0 Å². The van der Waals surface area contributed by atoms with Gasteiger partial charge in [-0.2, -0.15) is 0 Å². The Kier molecular flexibility index (Phi) is 6.01. The van der Waals surface area contributed by atoms with Gasteiger partial charge in [0.15, 0.2) is 0 Å². The zero-order valence-corrected chi connectivity index (χ0v) is 13.5. The van der Waals surface area contributed by atoms with Gasteiger partial charge in [0, 0.05) is 17.4 Å². The topological polar surface area (TPSA) is 88.7 Å². The lowest BCUT2D eigenvalue weighted by molar-refractivity contribution is -0.115. The molecule has 0 unspecified atom stereocenters. The maximum absolute atomic E-state index is 11.8. The third kappa shape index (κ3) is 5.20. The molecule has 3 amide bonds. The number of anilines is 2. The molecule has 0 aliphatic heterocycles. The normalized spacial score (nSPS) is 9.75. The van der Waals surface area contributed by atoms with Crippen LogP contribution in [0.4, 0.5) is 16.2 Å². The summed E-state index contributed by atoms with van der Waals surface area (Å²) in [5.41, 5.74) is 1.19. The molecule has 0 aliphatic carbocycles. The van der Waals surface area contributed by atoms with Crippen LogP contribution in [0, 0.1) is 0 Å². The Labute approximate surface area is 140 Å². The van der Waals surface area contributed by atoms with Crippen molar-refractivity contribution in [2.75, 3.05) is 31.4 Å². The molecule has 2 aromatic rings. The summed E-state index contributed by atoms with van der Waals surface area (Å²) in [5, 5.41) is 7.78.